The predicted octanol–water partition coefficient (Wildman–Crippen LogP) is 4.12. The second-order valence-electron chi connectivity index (χ2n) is 4.07. The Hall–Kier alpha value is -2.69. The van der Waals surface area contributed by atoms with Gasteiger partial charge in [-0.1, -0.05) is 18.2 Å². The van der Waals surface area contributed by atoms with E-state index in [-0.39, 0.29) is 11.1 Å². The van der Waals surface area contributed by atoms with Crippen molar-refractivity contribution >= 4 is 11.7 Å². The molecule has 0 N–H and O–H groups in total. The van der Waals surface area contributed by atoms with Gasteiger partial charge in [-0.3, -0.25) is 0 Å². The minimum absolute atomic E-state index is 0.0973. The monoisotopic (exact) mass is 290 g/mol. The summed E-state index contributed by atoms with van der Waals surface area (Å²) in [6.45, 7) is 0. The third kappa shape index (κ3) is 3.66. The Balaban J connectivity index is 2.24. The van der Waals surface area contributed by atoms with Gasteiger partial charge < -0.3 is 9.47 Å². The second-order valence-corrected chi connectivity index (χ2v) is 4.07. The highest BCUT2D eigenvalue weighted by Crippen LogP contribution is 2.25. The van der Waals surface area contributed by atoms with E-state index in [4.69, 9.17) is 9.47 Å². The smallest absolute Gasteiger partial charge is 0.343 e. The van der Waals surface area contributed by atoms with Crippen molar-refractivity contribution in [2.75, 3.05) is 7.11 Å². The summed E-state index contributed by atoms with van der Waals surface area (Å²) in [4.78, 5) is 11.8. The molecule has 0 saturated carbocycles. The lowest BCUT2D eigenvalue weighted by molar-refractivity contribution is 0.0682. The first-order valence-electron chi connectivity index (χ1n) is 6.08. The number of methoxy groups -OCH3 is 1. The van der Waals surface area contributed by atoms with Gasteiger partial charge in [0.15, 0.2) is 0 Å². The van der Waals surface area contributed by atoms with E-state index in [0.717, 1.165) is 0 Å². The molecule has 0 fully saturated rings. The number of esters is 1. The van der Waals surface area contributed by atoms with Crippen LogP contribution in [0.4, 0.5) is 8.78 Å². The lowest BCUT2D eigenvalue weighted by Crippen LogP contribution is -2.05. The summed E-state index contributed by atoms with van der Waals surface area (Å²) in [6, 6.07) is 13.7. The molecule has 0 aromatic heterocycles. The number of carbonyl (C=O) groups excluding carboxylic acids is 1. The van der Waals surface area contributed by atoms with Gasteiger partial charge in [0.05, 0.1) is 12.7 Å². The van der Waals surface area contributed by atoms with E-state index in [9.17, 15) is 13.6 Å². The van der Waals surface area contributed by atoms with Crippen molar-refractivity contribution in [1.82, 2.24) is 0 Å². The van der Waals surface area contributed by atoms with Crippen LogP contribution in [0.2, 0.25) is 0 Å². The Morgan fingerprint density at radius 3 is 2.05 bits per heavy atom. The van der Waals surface area contributed by atoms with Gasteiger partial charge in [-0.05, 0) is 36.4 Å². The Kier molecular flexibility index (Phi) is 4.66. The van der Waals surface area contributed by atoms with Crippen LogP contribution in [-0.4, -0.2) is 13.1 Å². The fourth-order valence-electron chi connectivity index (χ4n) is 1.67. The van der Waals surface area contributed by atoms with Crippen molar-refractivity contribution in [3.8, 4) is 5.75 Å². The van der Waals surface area contributed by atoms with Crippen LogP contribution in [-0.2, 0) is 4.74 Å². The van der Waals surface area contributed by atoms with Crippen molar-refractivity contribution in [2.45, 2.75) is 0 Å². The summed E-state index contributed by atoms with van der Waals surface area (Å²) >= 11 is 0. The summed E-state index contributed by atoms with van der Waals surface area (Å²) in [5.41, 5.74) is 0.296. The molecule has 0 atom stereocenters. The largest absolute Gasteiger partial charge is 0.497 e. The molecule has 2 rings (SSSR count). The van der Waals surface area contributed by atoms with Gasteiger partial charge >= 0.3 is 12.0 Å². The van der Waals surface area contributed by atoms with Crippen molar-refractivity contribution in [3.05, 3.63) is 71.8 Å². The van der Waals surface area contributed by atoms with E-state index < -0.39 is 17.8 Å². The molecule has 0 aliphatic rings. The number of halogens is 2. The molecular weight excluding hydrogens is 278 g/mol. The summed E-state index contributed by atoms with van der Waals surface area (Å²) < 4.78 is 35.8. The highest BCUT2D eigenvalue weighted by Gasteiger charge is 2.17. The molecule has 2 aromatic carbocycles. The third-order valence-electron chi connectivity index (χ3n) is 2.73. The molecule has 108 valence electrons. The molecule has 0 saturated heterocycles. The molecule has 21 heavy (non-hydrogen) atoms. The summed E-state index contributed by atoms with van der Waals surface area (Å²) in [5, 5.41) is 0. The van der Waals surface area contributed by atoms with Crippen LogP contribution in [0.1, 0.15) is 15.9 Å². The minimum Gasteiger partial charge on any atom is -0.497 e. The molecular formula is C16H12F2O3. The SMILES string of the molecule is COc1ccc(C(OC(=O)c2ccccc2)=C(F)F)cc1. The zero-order valence-electron chi connectivity index (χ0n) is 11.2. The van der Waals surface area contributed by atoms with Crippen LogP contribution in [0.5, 0.6) is 5.75 Å². The average molecular weight is 290 g/mol. The fraction of sp³-hybridized carbons (Fsp3) is 0.0625. The lowest BCUT2D eigenvalue weighted by Gasteiger charge is -2.08. The summed E-state index contributed by atoms with van der Waals surface area (Å²) in [6.07, 6.45) is -2.07. The van der Waals surface area contributed by atoms with E-state index in [2.05, 4.69) is 0 Å². The Morgan fingerprint density at radius 1 is 0.905 bits per heavy atom. The van der Waals surface area contributed by atoms with E-state index in [0.29, 0.717) is 5.75 Å². The minimum atomic E-state index is -2.07. The predicted molar refractivity (Wildman–Crippen MR) is 74.0 cm³/mol. The van der Waals surface area contributed by atoms with Gasteiger partial charge in [-0.15, -0.1) is 0 Å². The van der Waals surface area contributed by atoms with Crippen molar-refractivity contribution in [2.24, 2.45) is 0 Å². The standard InChI is InChI=1S/C16H12F2O3/c1-20-13-9-7-11(8-10-13)14(15(17)18)21-16(19)12-5-3-2-4-6-12/h2-10H,1H3. The number of benzene rings is 2. The number of rotatable bonds is 4. The van der Waals surface area contributed by atoms with Crippen molar-refractivity contribution in [3.63, 3.8) is 0 Å². The van der Waals surface area contributed by atoms with E-state index >= 15 is 0 Å². The Morgan fingerprint density at radius 2 is 1.52 bits per heavy atom. The normalized spacial score (nSPS) is 9.86. The topological polar surface area (TPSA) is 35.5 Å². The van der Waals surface area contributed by atoms with Crippen molar-refractivity contribution in [1.29, 1.82) is 0 Å². The highest BCUT2D eigenvalue weighted by atomic mass is 19.3. The van der Waals surface area contributed by atoms with Gasteiger partial charge in [-0.2, -0.15) is 8.78 Å². The Labute approximate surface area is 120 Å². The van der Waals surface area contributed by atoms with Gasteiger partial charge in [0.25, 0.3) is 0 Å². The number of hydrogen-bond donors (Lipinski definition) is 0. The van der Waals surface area contributed by atoms with E-state index in [1.54, 1.807) is 18.2 Å². The summed E-state index contributed by atoms with van der Waals surface area (Å²) in [7, 11) is 1.47. The average Bonchev–Trinajstić information content (AvgIpc) is 2.53. The molecule has 0 bridgehead atoms. The molecule has 0 heterocycles. The maximum Gasteiger partial charge on any atom is 0.343 e. The van der Waals surface area contributed by atoms with Crippen molar-refractivity contribution < 1.29 is 23.0 Å². The molecule has 5 heteroatoms. The fourth-order valence-corrected chi connectivity index (χ4v) is 1.67. The third-order valence-corrected chi connectivity index (χ3v) is 2.73. The van der Waals surface area contributed by atoms with E-state index in [1.807, 2.05) is 0 Å². The molecule has 3 nitrogen and oxygen atoms in total. The van der Waals surface area contributed by atoms with Crippen LogP contribution in [0.3, 0.4) is 0 Å². The molecule has 0 unspecified atom stereocenters. The van der Waals surface area contributed by atoms with Crippen LogP contribution in [0.15, 0.2) is 60.7 Å². The molecule has 0 aliphatic carbocycles. The van der Waals surface area contributed by atoms with Crippen LogP contribution in [0, 0.1) is 0 Å². The first-order valence-corrected chi connectivity index (χ1v) is 6.08. The Bertz CT molecular complexity index is 645. The lowest BCUT2D eigenvalue weighted by atomic mass is 10.2. The molecule has 0 radical (unpaired) electrons. The van der Waals surface area contributed by atoms with Gasteiger partial charge in [0, 0.05) is 5.56 Å². The summed E-state index contributed by atoms with van der Waals surface area (Å²) in [5.74, 6) is -1.08. The zero-order valence-corrected chi connectivity index (χ0v) is 11.2. The van der Waals surface area contributed by atoms with Crippen LogP contribution < -0.4 is 4.74 Å². The van der Waals surface area contributed by atoms with Crippen LogP contribution in [0.25, 0.3) is 5.76 Å². The first kappa shape index (κ1) is 14.7. The molecule has 0 amide bonds. The van der Waals surface area contributed by atoms with Gasteiger partial charge in [0.1, 0.15) is 5.75 Å². The maximum absolute atomic E-state index is 13.0. The quantitative estimate of drug-likeness (QED) is 0.627. The molecule has 0 spiro atoms. The highest BCUT2D eigenvalue weighted by molar-refractivity contribution is 5.93. The van der Waals surface area contributed by atoms with Gasteiger partial charge in [0.2, 0.25) is 5.76 Å². The van der Waals surface area contributed by atoms with E-state index in [1.165, 1.54) is 43.5 Å². The molecule has 2 aromatic rings. The first-order chi connectivity index (χ1) is 10.1. The second kappa shape index (κ2) is 6.65. The number of ether oxygens (including phenoxy) is 2. The van der Waals surface area contributed by atoms with Crippen LogP contribution >= 0.6 is 0 Å². The maximum atomic E-state index is 13.0. The molecule has 0 aliphatic heterocycles. The number of carbonyl (C=O) groups is 1. The van der Waals surface area contributed by atoms with Gasteiger partial charge in [-0.25, -0.2) is 4.79 Å². The number of hydrogen-bond acceptors (Lipinski definition) is 3. The zero-order chi connectivity index (χ0) is 15.2.